The predicted molar refractivity (Wildman–Crippen MR) is 73.7 cm³/mol. The third kappa shape index (κ3) is 4.00. The van der Waals surface area contributed by atoms with Gasteiger partial charge in [-0.15, -0.1) is 0 Å². The quantitative estimate of drug-likeness (QED) is 0.457. The Morgan fingerprint density at radius 2 is 2.21 bits per heavy atom. The average molecular weight is 268 g/mol. The molecule has 0 fully saturated rings. The number of carbonyl (C=O) groups is 1. The van der Waals surface area contributed by atoms with Crippen LogP contribution in [0.5, 0.6) is 0 Å². The number of aliphatic hydroxyl groups is 1. The molecule has 0 saturated heterocycles. The molecular weight excluding hydrogens is 244 g/mol. The fourth-order valence-electron chi connectivity index (χ4n) is 2.20. The van der Waals surface area contributed by atoms with Gasteiger partial charge in [0.15, 0.2) is 5.78 Å². The van der Waals surface area contributed by atoms with Gasteiger partial charge in [0.05, 0.1) is 0 Å². The van der Waals surface area contributed by atoms with E-state index in [-0.39, 0.29) is 11.7 Å². The maximum absolute atomic E-state index is 12.0. The summed E-state index contributed by atoms with van der Waals surface area (Å²) in [6.07, 6.45) is 6.88. The van der Waals surface area contributed by atoms with Crippen LogP contribution in [0.1, 0.15) is 47.0 Å². The van der Waals surface area contributed by atoms with Gasteiger partial charge in [0, 0.05) is 0 Å². The molecule has 1 rings (SSSR count). The van der Waals surface area contributed by atoms with E-state index in [9.17, 15) is 9.90 Å². The first kappa shape index (κ1) is 16.1. The molecule has 0 heterocycles. The molecule has 0 saturated carbocycles. The number of allylic oxidation sites excluding steroid dienone is 2. The van der Waals surface area contributed by atoms with Gasteiger partial charge in [0.1, 0.15) is 11.2 Å². The largest absolute Gasteiger partial charge is 0.381 e. The van der Waals surface area contributed by atoms with E-state index >= 15 is 0 Å². The lowest BCUT2D eigenvalue weighted by molar-refractivity contribution is -0.297. The van der Waals surface area contributed by atoms with Crippen molar-refractivity contribution in [2.45, 2.75) is 58.2 Å². The van der Waals surface area contributed by atoms with Gasteiger partial charge in [-0.1, -0.05) is 24.6 Å². The Morgan fingerprint density at radius 1 is 1.58 bits per heavy atom. The van der Waals surface area contributed by atoms with Gasteiger partial charge in [-0.25, -0.2) is 4.89 Å². The van der Waals surface area contributed by atoms with Crippen molar-refractivity contribution in [1.29, 1.82) is 0 Å². The minimum absolute atomic E-state index is 0.171. The Hall–Kier alpha value is -0.970. The first-order valence-electron chi connectivity index (χ1n) is 6.65. The van der Waals surface area contributed by atoms with Gasteiger partial charge in [0.2, 0.25) is 0 Å². The third-order valence-electron chi connectivity index (χ3n) is 3.76. The zero-order valence-corrected chi connectivity index (χ0v) is 12.1. The van der Waals surface area contributed by atoms with Crippen LogP contribution in [-0.2, 0) is 9.68 Å². The molecule has 0 radical (unpaired) electrons. The summed E-state index contributed by atoms with van der Waals surface area (Å²) in [4.78, 5) is 16.3. The van der Waals surface area contributed by atoms with Crippen molar-refractivity contribution in [2.75, 3.05) is 0 Å². The smallest absolute Gasteiger partial charge is 0.187 e. The first-order chi connectivity index (χ1) is 8.71. The minimum Gasteiger partial charge on any atom is -0.381 e. The normalized spacial score (nSPS) is 26.6. The molecule has 0 aromatic carbocycles. The predicted octanol–water partition coefficient (Wildman–Crippen LogP) is 2.88. The van der Waals surface area contributed by atoms with Crippen molar-refractivity contribution in [3.05, 3.63) is 23.8 Å². The highest BCUT2D eigenvalue weighted by Crippen LogP contribution is 2.33. The molecule has 19 heavy (non-hydrogen) atoms. The van der Waals surface area contributed by atoms with Crippen LogP contribution in [0.3, 0.4) is 0 Å². The van der Waals surface area contributed by atoms with Gasteiger partial charge in [0.25, 0.3) is 0 Å². The van der Waals surface area contributed by atoms with Crippen molar-refractivity contribution in [3.63, 3.8) is 0 Å². The van der Waals surface area contributed by atoms with Crippen LogP contribution in [0.15, 0.2) is 23.8 Å². The molecule has 2 atom stereocenters. The third-order valence-corrected chi connectivity index (χ3v) is 3.76. The van der Waals surface area contributed by atoms with Crippen LogP contribution < -0.4 is 0 Å². The molecule has 0 aliphatic heterocycles. The molecule has 2 N–H and O–H groups in total. The topological polar surface area (TPSA) is 66.8 Å². The number of ketones is 1. The molecule has 0 amide bonds. The van der Waals surface area contributed by atoms with Crippen molar-refractivity contribution in [2.24, 2.45) is 5.92 Å². The summed E-state index contributed by atoms with van der Waals surface area (Å²) in [5.74, 6) is -0.370. The lowest BCUT2D eigenvalue weighted by Gasteiger charge is -2.34. The van der Waals surface area contributed by atoms with Crippen molar-refractivity contribution < 1.29 is 20.0 Å². The summed E-state index contributed by atoms with van der Waals surface area (Å²) in [6.45, 7) is 7.22. The van der Waals surface area contributed by atoms with Crippen molar-refractivity contribution in [1.82, 2.24) is 0 Å². The highest BCUT2D eigenvalue weighted by molar-refractivity contribution is 5.98. The Balaban J connectivity index is 2.68. The Morgan fingerprint density at radius 3 is 2.74 bits per heavy atom. The first-order valence-corrected chi connectivity index (χ1v) is 6.65. The van der Waals surface area contributed by atoms with E-state index in [2.05, 4.69) is 4.89 Å². The van der Waals surface area contributed by atoms with Gasteiger partial charge < -0.3 is 5.11 Å². The number of rotatable bonds is 5. The molecule has 1 aliphatic rings. The zero-order valence-electron chi connectivity index (χ0n) is 12.1. The second-order valence-electron chi connectivity index (χ2n) is 6.01. The highest BCUT2D eigenvalue weighted by atomic mass is 17.1. The average Bonchev–Trinajstić information content (AvgIpc) is 2.34. The van der Waals surface area contributed by atoms with Gasteiger partial charge in [-0.2, -0.15) is 0 Å². The molecule has 4 heteroatoms. The standard InChI is InChI=1S/C15H24O4/c1-11-7-9-15(17,13(16)10-11)12(2)6-5-8-14(3,4)19-18/h5,8,10,12,17-18H,6-7,9H2,1-4H3. The van der Waals surface area contributed by atoms with Crippen LogP contribution in [0.2, 0.25) is 0 Å². The summed E-state index contributed by atoms with van der Waals surface area (Å²) in [5.41, 5.74) is -1.00. The Labute approximate surface area is 114 Å². The zero-order chi connectivity index (χ0) is 14.7. The molecule has 1 aliphatic carbocycles. The molecule has 0 aromatic heterocycles. The Bertz CT molecular complexity index is 395. The summed E-state index contributed by atoms with van der Waals surface area (Å²) >= 11 is 0. The molecule has 0 spiro atoms. The van der Waals surface area contributed by atoms with Gasteiger partial charge >= 0.3 is 0 Å². The number of hydrogen-bond donors (Lipinski definition) is 2. The minimum atomic E-state index is -1.27. The van der Waals surface area contributed by atoms with Crippen LogP contribution in [-0.4, -0.2) is 27.3 Å². The maximum atomic E-state index is 12.0. The van der Waals surface area contributed by atoms with E-state index in [1.54, 1.807) is 26.0 Å². The van der Waals surface area contributed by atoms with E-state index in [0.717, 1.165) is 12.0 Å². The highest BCUT2D eigenvalue weighted by Gasteiger charge is 2.41. The number of hydrogen-bond acceptors (Lipinski definition) is 4. The van der Waals surface area contributed by atoms with E-state index in [1.165, 1.54) is 0 Å². The molecule has 2 unspecified atom stereocenters. The summed E-state index contributed by atoms with van der Waals surface area (Å²) in [5, 5.41) is 19.2. The molecule has 0 aromatic rings. The van der Waals surface area contributed by atoms with Gasteiger partial charge in [-0.05, 0) is 52.0 Å². The fraction of sp³-hybridized carbons (Fsp3) is 0.667. The maximum Gasteiger partial charge on any atom is 0.187 e. The number of carbonyl (C=O) groups excluding carboxylic acids is 1. The van der Waals surface area contributed by atoms with E-state index in [0.29, 0.717) is 12.8 Å². The molecule has 108 valence electrons. The second-order valence-corrected chi connectivity index (χ2v) is 6.01. The SMILES string of the molecule is CC1=CC(=O)C(O)(C(C)CC=CC(C)(C)OO)CC1. The van der Waals surface area contributed by atoms with E-state index < -0.39 is 11.2 Å². The molecule has 0 bridgehead atoms. The van der Waals surface area contributed by atoms with Crippen LogP contribution in [0.25, 0.3) is 0 Å². The van der Waals surface area contributed by atoms with Crippen LogP contribution in [0, 0.1) is 5.92 Å². The van der Waals surface area contributed by atoms with Crippen molar-refractivity contribution in [3.8, 4) is 0 Å². The fourth-order valence-corrected chi connectivity index (χ4v) is 2.20. The molecule has 4 nitrogen and oxygen atoms in total. The summed E-state index contributed by atoms with van der Waals surface area (Å²) in [6, 6.07) is 0. The van der Waals surface area contributed by atoms with E-state index in [1.807, 2.05) is 19.9 Å². The lowest BCUT2D eigenvalue weighted by atomic mass is 9.75. The molecular formula is C15H24O4. The Kier molecular flexibility index (Phi) is 5.07. The summed E-state index contributed by atoms with van der Waals surface area (Å²) in [7, 11) is 0. The van der Waals surface area contributed by atoms with Crippen LogP contribution >= 0.6 is 0 Å². The summed E-state index contributed by atoms with van der Waals surface area (Å²) < 4.78 is 0. The van der Waals surface area contributed by atoms with E-state index in [4.69, 9.17) is 5.26 Å². The van der Waals surface area contributed by atoms with Gasteiger partial charge in [-0.3, -0.25) is 10.1 Å². The van der Waals surface area contributed by atoms with Crippen molar-refractivity contribution >= 4 is 5.78 Å². The second kappa shape index (κ2) is 5.99. The van der Waals surface area contributed by atoms with Crippen LogP contribution in [0.4, 0.5) is 0 Å². The lowest BCUT2D eigenvalue weighted by Crippen LogP contribution is -2.45. The monoisotopic (exact) mass is 268 g/mol.